The van der Waals surface area contributed by atoms with Crippen LogP contribution in [0.3, 0.4) is 0 Å². The number of nitrogens with zero attached hydrogens (tertiary/aromatic N) is 2. The molecule has 1 aliphatic rings. The van der Waals surface area contributed by atoms with E-state index in [-0.39, 0.29) is 30.7 Å². The van der Waals surface area contributed by atoms with E-state index >= 15 is 0 Å². The van der Waals surface area contributed by atoms with Crippen LogP contribution in [0, 0.1) is 6.92 Å². The third-order valence-electron chi connectivity index (χ3n) is 5.72. The minimum Gasteiger partial charge on any atom is -0.454 e. The quantitative estimate of drug-likeness (QED) is 0.548. The van der Waals surface area contributed by atoms with Gasteiger partial charge in [0.1, 0.15) is 12.6 Å². The predicted octanol–water partition coefficient (Wildman–Crippen LogP) is 3.21. The molecule has 0 saturated heterocycles. The summed E-state index contributed by atoms with van der Waals surface area (Å²) in [5.74, 6) is -0.107. The zero-order valence-electron chi connectivity index (χ0n) is 21.7. The largest absolute Gasteiger partial charge is 0.454 e. The monoisotopic (exact) mass is 517 g/mol. The van der Waals surface area contributed by atoms with Gasteiger partial charge in [-0.1, -0.05) is 29.8 Å². The number of sulfonamides is 1. The zero-order valence-corrected chi connectivity index (χ0v) is 22.5. The molecule has 0 aromatic heterocycles. The van der Waals surface area contributed by atoms with Gasteiger partial charge < -0.3 is 19.7 Å². The molecule has 2 amide bonds. The topological polar surface area (TPSA) is 105 Å². The van der Waals surface area contributed by atoms with Crippen LogP contribution in [-0.2, 0) is 26.2 Å². The molecule has 1 heterocycles. The Labute approximate surface area is 213 Å². The minimum absolute atomic E-state index is 0.0446. The van der Waals surface area contributed by atoms with E-state index in [1.807, 2.05) is 52.0 Å². The minimum atomic E-state index is -3.82. The number of hydrogen-bond acceptors (Lipinski definition) is 6. The molecule has 0 radical (unpaired) electrons. The van der Waals surface area contributed by atoms with Crippen LogP contribution in [0.5, 0.6) is 11.5 Å². The van der Waals surface area contributed by atoms with Crippen LogP contribution in [0.4, 0.5) is 5.69 Å². The van der Waals surface area contributed by atoms with E-state index in [4.69, 9.17) is 9.47 Å². The van der Waals surface area contributed by atoms with Crippen molar-refractivity contribution in [1.82, 2.24) is 10.2 Å². The molecule has 36 heavy (non-hydrogen) atoms. The van der Waals surface area contributed by atoms with Crippen LogP contribution >= 0.6 is 0 Å². The van der Waals surface area contributed by atoms with Crippen molar-refractivity contribution >= 4 is 27.5 Å². The molecule has 1 aliphatic heterocycles. The predicted molar refractivity (Wildman–Crippen MR) is 138 cm³/mol. The van der Waals surface area contributed by atoms with Gasteiger partial charge >= 0.3 is 0 Å². The van der Waals surface area contributed by atoms with Crippen molar-refractivity contribution in [1.29, 1.82) is 0 Å². The van der Waals surface area contributed by atoms with E-state index in [2.05, 4.69) is 5.32 Å². The smallest absolute Gasteiger partial charge is 0.244 e. The first-order chi connectivity index (χ1) is 16.8. The maximum Gasteiger partial charge on any atom is 0.244 e. The van der Waals surface area contributed by atoms with Crippen LogP contribution in [0.15, 0.2) is 42.5 Å². The first-order valence-electron chi connectivity index (χ1n) is 11.9. The number of fused-ring (bicyclic) bond motifs is 1. The van der Waals surface area contributed by atoms with Crippen LogP contribution < -0.4 is 19.1 Å². The second-order valence-electron chi connectivity index (χ2n) is 9.87. The maximum absolute atomic E-state index is 13.7. The Morgan fingerprint density at radius 2 is 1.78 bits per heavy atom. The van der Waals surface area contributed by atoms with E-state index in [1.165, 1.54) is 11.8 Å². The first kappa shape index (κ1) is 27.3. The van der Waals surface area contributed by atoms with Crippen molar-refractivity contribution in [3.05, 3.63) is 53.6 Å². The Hall–Kier alpha value is -3.27. The van der Waals surface area contributed by atoms with Crippen molar-refractivity contribution in [2.45, 2.75) is 59.7 Å². The molecule has 0 bridgehead atoms. The Balaban J connectivity index is 1.95. The van der Waals surface area contributed by atoms with Crippen LogP contribution in [0.2, 0.25) is 0 Å². The summed E-state index contributed by atoms with van der Waals surface area (Å²) in [6, 6.07) is 11.5. The SMILES string of the molecule is CCS(=O)(=O)N(CC(=O)N(Cc1cccc(C)c1)C(C)C(=O)NC(C)(C)C)c1ccc2c(c1)OCO2. The van der Waals surface area contributed by atoms with Gasteiger partial charge in [-0.25, -0.2) is 8.42 Å². The highest BCUT2D eigenvalue weighted by Crippen LogP contribution is 2.36. The molecule has 1 N–H and O–H groups in total. The Morgan fingerprint density at radius 1 is 1.08 bits per heavy atom. The fourth-order valence-corrected chi connectivity index (χ4v) is 4.88. The molecule has 9 nitrogen and oxygen atoms in total. The number of carbonyl (C=O) groups excluding carboxylic acids is 2. The normalized spacial score (nSPS) is 13.7. The Bertz CT molecular complexity index is 1220. The fraction of sp³-hybridized carbons (Fsp3) is 0.462. The average Bonchev–Trinajstić information content (AvgIpc) is 3.27. The number of nitrogens with one attached hydrogen (secondary N) is 1. The van der Waals surface area contributed by atoms with Gasteiger partial charge in [-0.05, 0) is 59.2 Å². The second-order valence-corrected chi connectivity index (χ2v) is 12.1. The lowest BCUT2D eigenvalue weighted by Gasteiger charge is -2.33. The van der Waals surface area contributed by atoms with Crippen molar-refractivity contribution in [2.75, 3.05) is 23.4 Å². The number of benzene rings is 2. The molecular formula is C26H35N3O6S. The van der Waals surface area contributed by atoms with Crippen LogP contribution in [0.25, 0.3) is 0 Å². The average molecular weight is 518 g/mol. The zero-order chi connectivity index (χ0) is 26.7. The van der Waals surface area contributed by atoms with Crippen LogP contribution in [0.1, 0.15) is 45.7 Å². The lowest BCUT2D eigenvalue weighted by atomic mass is 10.1. The summed E-state index contributed by atoms with van der Waals surface area (Å²) in [5, 5.41) is 2.91. The number of aryl methyl sites for hydroxylation is 1. The van der Waals surface area contributed by atoms with Gasteiger partial charge in [-0.2, -0.15) is 0 Å². The lowest BCUT2D eigenvalue weighted by Crippen LogP contribution is -2.54. The van der Waals surface area contributed by atoms with Gasteiger partial charge in [-0.3, -0.25) is 13.9 Å². The number of carbonyl (C=O) groups is 2. The van der Waals surface area contributed by atoms with E-state index in [0.717, 1.165) is 15.4 Å². The summed E-state index contributed by atoms with van der Waals surface area (Å²) in [7, 11) is -3.82. The summed E-state index contributed by atoms with van der Waals surface area (Å²) in [5.41, 5.74) is 1.65. The van der Waals surface area contributed by atoms with Gasteiger partial charge in [-0.15, -0.1) is 0 Å². The van der Waals surface area contributed by atoms with Gasteiger partial charge in [0, 0.05) is 18.2 Å². The first-order valence-corrected chi connectivity index (χ1v) is 13.5. The lowest BCUT2D eigenvalue weighted by molar-refractivity contribution is -0.140. The van der Waals surface area contributed by atoms with Crippen molar-refractivity contribution < 1.29 is 27.5 Å². The van der Waals surface area contributed by atoms with Gasteiger partial charge in [0.25, 0.3) is 0 Å². The van der Waals surface area contributed by atoms with Gasteiger partial charge in [0.2, 0.25) is 28.6 Å². The summed E-state index contributed by atoms with van der Waals surface area (Å²) in [6.45, 7) is 10.4. The molecule has 2 aromatic carbocycles. The molecule has 0 fully saturated rings. The summed E-state index contributed by atoms with van der Waals surface area (Å²) in [4.78, 5) is 28.2. The second kappa shape index (κ2) is 10.8. The summed E-state index contributed by atoms with van der Waals surface area (Å²) < 4.78 is 37.9. The molecule has 1 atom stereocenters. The van der Waals surface area contributed by atoms with Crippen molar-refractivity contribution in [3.8, 4) is 11.5 Å². The van der Waals surface area contributed by atoms with E-state index in [9.17, 15) is 18.0 Å². The highest BCUT2D eigenvalue weighted by Gasteiger charge is 2.32. The fourth-order valence-electron chi connectivity index (χ4n) is 3.82. The van der Waals surface area contributed by atoms with Crippen molar-refractivity contribution in [3.63, 3.8) is 0 Å². The van der Waals surface area contributed by atoms with Gasteiger partial charge in [0.05, 0.1) is 11.4 Å². The van der Waals surface area contributed by atoms with Gasteiger partial charge in [0.15, 0.2) is 11.5 Å². The van der Waals surface area contributed by atoms with E-state index in [0.29, 0.717) is 11.5 Å². The van der Waals surface area contributed by atoms with E-state index in [1.54, 1.807) is 25.1 Å². The van der Waals surface area contributed by atoms with E-state index < -0.39 is 34.1 Å². The molecule has 0 saturated carbocycles. The molecule has 0 aliphatic carbocycles. The number of rotatable bonds is 9. The molecule has 1 unspecified atom stereocenters. The third-order valence-corrected chi connectivity index (χ3v) is 7.47. The maximum atomic E-state index is 13.7. The van der Waals surface area contributed by atoms with Crippen LogP contribution in [-0.4, -0.2) is 55.8 Å². The molecule has 3 rings (SSSR count). The Kier molecular flexibility index (Phi) is 8.18. The standard InChI is InChI=1S/C26H35N3O6S/c1-7-36(32,33)29(21-11-12-22-23(14-21)35-17-34-22)16-24(30)28(15-20-10-8-9-18(2)13-20)19(3)25(31)27-26(4,5)6/h8-14,19H,7,15-17H2,1-6H3,(H,27,31). The van der Waals surface area contributed by atoms with Crippen molar-refractivity contribution in [2.24, 2.45) is 0 Å². The number of hydrogen-bond donors (Lipinski definition) is 1. The number of ether oxygens (including phenoxy) is 2. The molecule has 196 valence electrons. The highest BCUT2D eigenvalue weighted by molar-refractivity contribution is 7.92. The number of amides is 2. The Morgan fingerprint density at radius 3 is 2.42 bits per heavy atom. The highest BCUT2D eigenvalue weighted by atomic mass is 32.2. The molecule has 2 aromatic rings. The molecular weight excluding hydrogens is 482 g/mol. The third kappa shape index (κ3) is 6.69. The molecule has 10 heteroatoms. The summed E-state index contributed by atoms with van der Waals surface area (Å²) in [6.07, 6.45) is 0. The molecule has 0 spiro atoms. The summed E-state index contributed by atoms with van der Waals surface area (Å²) >= 11 is 0. The number of anilines is 1.